The van der Waals surface area contributed by atoms with Gasteiger partial charge in [0.05, 0.1) is 11.1 Å². The predicted molar refractivity (Wildman–Crippen MR) is 106 cm³/mol. The minimum atomic E-state index is -3.68. The smallest absolute Gasteiger partial charge is 0.276 e. The van der Waals surface area contributed by atoms with Crippen LogP contribution in [0.5, 0.6) is 0 Å². The van der Waals surface area contributed by atoms with Crippen LogP contribution in [0.15, 0.2) is 58.5 Å². The molecule has 0 aliphatic carbocycles. The molecule has 2 aromatic carbocycles. The molecule has 26 heavy (non-hydrogen) atoms. The van der Waals surface area contributed by atoms with Crippen molar-refractivity contribution in [2.75, 3.05) is 0 Å². The van der Waals surface area contributed by atoms with Crippen LogP contribution >= 0.6 is 0 Å². The first-order chi connectivity index (χ1) is 12.4. The second-order valence-electron chi connectivity index (χ2n) is 6.80. The average molecular weight is 369 g/mol. The number of aryl methyl sites for hydroxylation is 1. The van der Waals surface area contributed by atoms with Crippen molar-refractivity contribution in [3.8, 4) is 0 Å². The minimum absolute atomic E-state index is 0.206. The van der Waals surface area contributed by atoms with E-state index < -0.39 is 10.0 Å². The van der Waals surface area contributed by atoms with Crippen molar-refractivity contribution < 1.29 is 8.42 Å². The van der Waals surface area contributed by atoms with E-state index in [1.165, 1.54) is 0 Å². The molecule has 3 rings (SSSR count). The van der Waals surface area contributed by atoms with Crippen LogP contribution in [0.25, 0.3) is 10.9 Å². The average Bonchev–Trinajstić information content (AvgIpc) is 2.90. The quantitative estimate of drug-likeness (QED) is 0.509. The third-order valence-electron chi connectivity index (χ3n) is 4.19. The van der Waals surface area contributed by atoms with Crippen LogP contribution in [0.4, 0.5) is 0 Å². The zero-order chi connectivity index (χ0) is 18.7. The monoisotopic (exact) mass is 369 g/mol. The number of aromatic nitrogens is 1. The minimum Gasteiger partial charge on any atom is -0.358 e. The first-order valence-corrected chi connectivity index (χ1v) is 10.1. The number of fused-ring (bicyclic) bond motifs is 1. The Morgan fingerprint density at radius 3 is 2.50 bits per heavy atom. The Morgan fingerprint density at radius 1 is 1.12 bits per heavy atom. The van der Waals surface area contributed by atoms with E-state index in [2.05, 4.69) is 28.8 Å². The standard InChI is InChI=1S/C20H23N3O2S/c1-14(2)12-16-8-10-17(11-9-16)26(24,25)23-21-13-19-15(3)22-20-7-5-4-6-18(19)20/h4-11,13-14,22-23H,12H2,1-3H3/b21-13+. The molecule has 1 aromatic heterocycles. The topological polar surface area (TPSA) is 74.3 Å². The summed E-state index contributed by atoms with van der Waals surface area (Å²) in [6.07, 6.45) is 2.46. The summed E-state index contributed by atoms with van der Waals surface area (Å²) in [6.45, 7) is 6.20. The highest BCUT2D eigenvalue weighted by molar-refractivity contribution is 7.89. The van der Waals surface area contributed by atoms with E-state index in [1.807, 2.05) is 43.3 Å². The molecule has 0 unspecified atom stereocenters. The SMILES string of the molecule is Cc1[nH]c2ccccc2c1/C=N/NS(=O)(=O)c1ccc(CC(C)C)cc1. The van der Waals surface area contributed by atoms with Crippen LogP contribution < -0.4 is 4.83 Å². The lowest BCUT2D eigenvalue weighted by Gasteiger charge is -2.07. The summed E-state index contributed by atoms with van der Waals surface area (Å²) in [7, 11) is -3.68. The second kappa shape index (κ2) is 7.33. The summed E-state index contributed by atoms with van der Waals surface area (Å²) in [5, 5.41) is 4.97. The fraction of sp³-hybridized carbons (Fsp3) is 0.250. The van der Waals surface area contributed by atoms with Gasteiger partial charge in [-0.25, -0.2) is 4.83 Å². The van der Waals surface area contributed by atoms with Gasteiger partial charge >= 0.3 is 0 Å². The van der Waals surface area contributed by atoms with Crippen molar-refractivity contribution in [1.29, 1.82) is 0 Å². The number of nitrogens with zero attached hydrogens (tertiary/aromatic N) is 1. The van der Waals surface area contributed by atoms with Crippen LogP contribution in [0.3, 0.4) is 0 Å². The molecule has 0 saturated carbocycles. The van der Waals surface area contributed by atoms with Crippen molar-refractivity contribution in [2.24, 2.45) is 11.0 Å². The van der Waals surface area contributed by atoms with Gasteiger partial charge in [0.25, 0.3) is 10.0 Å². The molecule has 0 aliphatic rings. The Morgan fingerprint density at radius 2 is 1.81 bits per heavy atom. The largest absolute Gasteiger partial charge is 0.358 e. The van der Waals surface area contributed by atoms with Crippen molar-refractivity contribution in [2.45, 2.75) is 32.1 Å². The van der Waals surface area contributed by atoms with Gasteiger partial charge in [-0.2, -0.15) is 13.5 Å². The molecule has 0 atom stereocenters. The third kappa shape index (κ3) is 3.96. The molecule has 0 amide bonds. The number of para-hydroxylation sites is 1. The lowest BCUT2D eigenvalue weighted by atomic mass is 10.0. The lowest BCUT2D eigenvalue weighted by Crippen LogP contribution is -2.18. The Labute approximate surface area is 154 Å². The maximum Gasteiger partial charge on any atom is 0.276 e. The van der Waals surface area contributed by atoms with E-state index in [1.54, 1.807) is 18.3 Å². The maximum absolute atomic E-state index is 12.4. The number of hydrogen-bond donors (Lipinski definition) is 2. The van der Waals surface area contributed by atoms with Crippen LogP contribution in [0.1, 0.15) is 30.7 Å². The predicted octanol–water partition coefficient (Wildman–Crippen LogP) is 3.99. The highest BCUT2D eigenvalue weighted by Crippen LogP contribution is 2.20. The third-order valence-corrected chi connectivity index (χ3v) is 5.43. The molecule has 0 spiro atoms. The first kappa shape index (κ1) is 18.2. The summed E-state index contributed by atoms with van der Waals surface area (Å²) >= 11 is 0. The van der Waals surface area contributed by atoms with Gasteiger partial charge in [-0.15, -0.1) is 0 Å². The zero-order valence-corrected chi connectivity index (χ0v) is 16.0. The summed E-state index contributed by atoms with van der Waals surface area (Å²) in [5.74, 6) is 0.527. The summed E-state index contributed by atoms with van der Waals surface area (Å²) in [4.78, 5) is 5.76. The van der Waals surface area contributed by atoms with Gasteiger partial charge in [0.1, 0.15) is 0 Å². The van der Waals surface area contributed by atoms with Gasteiger partial charge < -0.3 is 4.98 Å². The van der Waals surface area contributed by atoms with Crippen molar-refractivity contribution in [3.05, 3.63) is 65.4 Å². The van der Waals surface area contributed by atoms with E-state index in [0.717, 1.165) is 34.1 Å². The summed E-state index contributed by atoms with van der Waals surface area (Å²) in [6, 6.07) is 14.8. The van der Waals surface area contributed by atoms with Gasteiger partial charge in [-0.3, -0.25) is 0 Å². The fourth-order valence-electron chi connectivity index (χ4n) is 2.95. The number of aromatic amines is 1. The number of hydrazone groups is 1. The maximum atomic E-state index is 12.4. The highest BCUT2D eigenvalue weighted by Gasteiger charge is 2.13. The van der Waals surface area contributed by atoms with Crippen molar-refractivity contribution >= 4 is 27.1 Å². The number of rotatable bonds is 6. The van der Waals surface area contributed by atoms with Crippen LogP contribution in [0.2, 0.25) is 0 Å². The number of nitrogens with one attached hydrogen (secondary N) is 2. The first-order valence-electron chi connectivity index (χ1n) is 8.58. The normalized spacial score (nSPS) is 12.3. The van der Waals surface area contributed by atoms with E-state index >= 15 is 0 Å². The number of hydrogen-bond acceptors (Lipinski definition) is 3. The summed E-state index contributed by atoms with van der Waals surface area (Å²) < 4.78 is 24.8. The molecule has 0 aliphatic heterocycles. The van der Waals surface area contributed by atoms with Gasteiger partial charge in [0, 0.05) is 22.2 Å². The Kier molecular flexibility index (Phi) is 5.13. The molecule has 3 aromatic rings. The number of benzene rings is 2. The van der Waals surface area contributed by atoms with Crippen LogP contribution in [-0.2, 0) is 16.4 Å². The van der Waals surface area contributed by atoms with Crippen LogP contribution in [0, 0.1) is 12.8 Å². The van der Waals surface area contributed by atoms with E-state index in [4.69, 9.17) is 0 Å². The van der Waals surface area contributed by atoms with Gasteiger partial charge in [0.15, 0.2) is 0 Å². The fourth-order valence-corrected chi connectivity index (χ4v) is 3.75. The molecule has 0 fully saturated rings. The van der Waals surface area contributed by atoms with Gasteiger partial charge in [-0.05, 0) is 43.0 Å². The molecule has 5 nitrogen and oxygen atoms in total. The molecule has 0 saturated heterocycles. The Balaban J connectivity index is 1.77. The number of H-pyrrole nitrogens is 1. The number of sulfonamides is 1. The molecular formula is C20H23N3O2S. The Bertz CT molecular complexity index is 1030. The Hall–Kier alpha value is -2.60. The van der Waals surface area contributed by atoms with Gasteiger partial charge in [0.2, 0.25) is 0 Å². The second-order valence-corrected chi connectivity index (χ2v) is 8.46. The summed E-state index contributed by atoms with van der Waals surface area (Å²) in [5.41, 5.74) is 3.93. The lowest BCUT2D eigenvalue weighted by molar-refractivity contribution is 0.584. The van der Waals surface area contributed by atoms with Gasteiger partial charge in [-0.1, -0.05) is 44.2 Å². The van der Waals surface area contributed by atoms with E-state index in [9.17, 15) is 8.42 Å². The molecule has 1 heterocycles. The van der Waals surface area contributed by atoms with Crippen molar-refractivity contribution in [1.82, 2.24) is 9.82 Å². The molecule has 2 N–H and O–H groups in total. The zero-order valence-electron chi connectivity index (χ0n) is 15.2. The van der Waals surface area contributed by atoms with Crippen LogP contribution in [-0.4, -0.2) is 19.6 Å². The van der Waals surface area contributed by atoms with E-state index in [-0.39, 0.29) is 4.90 Å². The van der Waals surface area contributed by atoms with E-state index in [0.29, 0.717) is 5.92 Å². The molecule has 0 bridgehead atoms. The molecule has 6 heteroatoms. The molecular weight excluding hydrogens is 346 g/mol. The van der Waals surface area contributed by atoms with Crippen molar-refractivity contribution in [3.63, 3.8) is 0 Å². The highest BCUT2D eigenvalue weighted by atomic mass is 32.2. The molecule has 136 valence electrons. The molecule has 0 radical (unpaired) electrons.